The molecule has 0 bridgehead atoms. The largest absolute Gasteiger partial charge is 0.198 e. The number of hydrogen-bond acceptors (Lipinski definition) is 3. The van der Waals surface area contributed by atoms with Gasteiger partial charge in [-0.1, -0.05) is 0 Å². The lowest BCUT2D eigenvalue weighted by Crippen LogP contribution is -2.12. The molecule has 0 aromatic carbocycles. The third-order valence-corrected chi connectivity index (χ3v) is 1.76. The molecule has 1 atom stereocenters. The lowest BCUT2D eigenvalue weighted by Gasteiger charge is -2.15. The average molecular weight is 161 g/mol. The topological polar surface area (TPSA) is 71.4 Å². The van der Waals surface area contributed by atoms with Gasteiger partial charge < -0.3 is 0 Å². The Morgan fingerprint density at radius 2 is 1.83 bits per heavy atom. The zero-order valence-electron chi connectivity index (χ0n) is 7.17. The molecule has 0 aliphatic heterocycles. The lowest BCUT2D eigenvalue weighted by molar-refractivity contribution is 0.403. The van der Waals surface area contributed by atoms with Gasteiger partial charge in [0.15, 0.2) is 0 Å². The van der Waals surface area contributed by atoms with Gasteiger partial charge in [-0.3, -0.25) is 0 Å². The predicted molar refractivity (Wildman–Crippen MR) is 43.4 cm³/mol. The van der Waals surface area contributed by atoms with Gasteiger partial charge in [0.2, 0.25) is 0 Å². The molecule has 62 valence electrons. The molecular weight excluding hydrogens is 150 g/mol. The van der Waals surface area contributed by atoms with Crippen LogP contribution in [0.5, 0.6) is 0 Å². The standard InChI is InChI=1S/C9H11N3/c1-9(8-12,5-7-11)4-2-3-6-10/h2-5H2,1H3. The first kappa shape index (κ1) is 10.5. The van der Waals surface area contributed by atoms with Crippen LogP contribution in [0.4, 0.5) is 0 Å². The monoisotopic (exact) mass is 161 g/mol. The number of nitriles is 3. The Morgan fingerprint density at radius 1 is 1.17 bits per heavy atom. The van der Waals surface area contributed by atoms with E-state index in [9.17, 15) is 0 Å². The summed E-state index contributed by atoms with van der Waals surface area (Å²) in [6.07, 6.45) is 2.03. The minimum absolute atomic E-state index is 0.245. The van der Waals surface area contributed by atoms with Crippen LogP contribution in [0.15, 0.2) is 0 Å². The molecule has 0 radical (unpaired) electrons. The van der Waals surface area contributed by atoms with E-state index in [-0.39, 0.29) is 6.42 Å². The van der Waals surface area contributed by atoms with Crippen LogP contribution in [0, 0.1) is 39.4 Å². The van der Waals surface area contributed by atoms with Gasteiger partial charge in [0.1, 0.15) is 0 Å². The van der Waals surface area contributed by atoms with E-state index in [1.165, 1.54) is 0 Å². The second kappa shape index (κ2) is 5.16. The second-order valence-corrected chi connectivity index (χ2v) is 3.02. The van der Waals surface area contributed by atoms with Crippen molar-refractivity contribution in [2.75, 3.05) is 0 Å². The molecule has 3 nitrogen and oxygen atoms in total. The molecule has 1 unspecified atom stereocenters. The van der Waals surface area contributed by atoms with Crippen molar-refractivity contribution in [3.05, 3.63) is 0 Å². The van der Waals surface area contributed by atoms with E-state index in [4.69, 9.17) is 15.8 Å². The molecule has 0 N–H and O–H groups in total. The zero-order chi connectivity index (χ0) is 9.45. The predicted octanol–water partition coefficient (Wildman–Crippen LogP) is 2.12. The van der Waals surface area contributed by atoms with E-state index in [1.54, 1.807) is 6.92 Å². The summed E-state index contributed by atoms with van der Waals surface area (Å²) in [5, 5.41) is 25.4. The van der Waals surface area contributed by atoms with Crippen LogP contribution in [0.2, 0.25) is 0 Å². The molecule has 0 rings (SSSR count). The first-order chi connectivity index (χ1) is 5.68. The summed E-state index contributed by atoms with van der Waals surface area (Å²) in [5.41, 5.74) is -0.564. The third kappa shape index (κ3) is 3.59. The molecule has 0 spiro atoms. The lowest BCUT2D eigenvalue weighted by atomic mass is 9.84. The van der Waals surface area contributed by atoms with Crippen molar-refractivity contribution < 1.29 is 0 Å². The third-order valence-electron chi connectivity index (χ3n) is 1.76. The number of rotatable bonds is 4. The van der Waals surface area contributed by atoms with Crippen LogP contribution >= 0.6 is 0 Å². The van der Waals surface area contributed by atoms with Crippen molar-refractivity contribution in [3.8, 4) is 18.2 Å². The molecule has 0 fully saturated rings. The zero-order valence-corrected chi connectivity index (χ0v) is 7.17. The fourth-order valence-corrected chi connectivity index (χ4v) is 0.916. The highest BCUT2D eigenvalue weighted by molar-refractivity contribution is 5.00. The molecule has 3 heteroatoms. The fourth-order valence-electron chi connectivity index (χ4n) is 0.916. The quantitative estimate of drug-likeness (QED) is 0.593. The first-order valence-corrected chi connectivity index (χ1v) is 3.84. The summed E-state index contributed by atoms with van der Waals surface area (Å²) in [6, 6.07) is 6.10. The van der Waals surface area contributed by atoms with Crippen molar-refractivity contribution in [2.24, 2.45) is 5.41 Å². The Morgan fingerprint density at radius 3 is 2.25 bits per heavy atom. The first-order valence-electron chi connectivity index (χ1n) is 3.84. The van der Waals surface area contributed by atoms with Crippen molar-refractivity contribution in [3.63, 3.8) is 0 Å². The highest BCUT2D eigenvalue weighted by Crippen LogP contribution is 2.26. The molecular formula is C9H11N3. The Bertz CT molecular complexity index is 250. The molecule has 12 heavy (non-hydrogen) atoms. The van der Waals surface area contributed by atoms with Crippen molar-refractivity contribution in [1.29, 1.82) is 15.8 Å². The normalized spacial score (nSPS) is 13.5. The fraction of sp³-hybridized carbons (Fsp3) is 0.667. The maximum absolute atomic E-state index is 8.73. The molecule has 0 aromatic rings. The smallest absolute Gasteiger partial charge is 0.0697 e. The highest BCUT2D eigenvalue weighted by atomic mass is 14.4. The van der Waals surface area contributed by atoms with E-state index in [1.807, 2.05) is 12.1 Å². The summed E-state index contributed by atoms with van der Waals surface area (Å²) in [4.78, 5) is 0. The van der Waals surface area contributed by atoms with Crippen LogP contribution in [0.25, 0.3) is 0 Å². The Kier molecular flexibility index (Phi) is 4.51. The number of nitrogens with zero attached hydrogens (tertiary/aromatic N) is 3. The average Bonchev–Trinajstić information content (AvgIpc) is 2.06. The molecule has 0 aliphatic rings. The van der Waals surface area contributed by atoms with E-state index < -0.39 is 5.41 Å². The van der Waals surface area contributed by atoms with Crippen molar-refractivity contribution >= 4 is 0 Å². The minimum atomic E-state index is -0.564. The van der Waals surface area contributed by atoms with Crippen LogP contribution in [0.1, 0.15) is 32.6 Å². The van der Waals surface area contributed by atoms with Gasteiger partial charge >= 0.3 is 0 Å². The van der Waals surface area contributed by atoms with Gasteiger partial charge in [-0.15, -0.1) is 0 Å². The SMILES string of the molecule is CC(C#N)(CC#N)CCCC#N. The maximum atomic E-state index is 8.73. The second-order valence-electron chi connectivity index (χ2n) is 3.02. The Balaban J connectivity index is 3.94. The minimum Gasteiger partial charge on any atom is -0.198 e. The van der Waals surface area contributed by atoms with Crippen molar-refractivity contribution in [1.82, 2.24) is 0 Å². The summed E-state index contributed by atoms with van der Waals surface area (Å²) < 4.78 is 0. The van der Waals surface area contributed by atoms with Gasteiger partial charge in [0.25, 0.3) is 0 Å². The molecule has 0 aromatic heterocycles. The van der Waals surface area contributed by atoms with Crippen LogP contribution in [0.3, 0.4) is 0 Å². The van der Waals surface area contributed by atoms with Crippen LogP contribution in [-0.2, 0) is 0 Å². The number of unbranched alkanes of at least 4 members (excludes halogenated alkanes) is 1. The summed E-state index contributed by atoms with van der Waals surface area (Å²) in [7, 11) is 0. The Labute approximate surface area is 72.8 Å². The summed E-state index contributed by atoms with van der Waals surface area (Å²) in [5.74, 6) is 0. The van der Waals surface area contributed by atoms with E-state index in [2.05, 4.69) is 6.07 Å². The molecule has 0 aliphatic carbocycles. The molecule has 0 amide bonds. The van der Waals surface area contributed by atoms with E-state index >= 15 is 0 Å². The van der Waals surface area contributed by atoms with E-state index in [0.717, 1.165) is 0 Å². The van der Waals surface area contributed by atoms with E-state index in [0.29, 0.717) is 19.3 Å². The van der Waals surface area contributed by atoms with Crippen molar-refractivity contribution in [2.45, 2.75) is 32.6 Å². The van der Waals surface area contributed by atoms with Crippen LogP contribution in [-0.4, -0.2) is 0 Å². The van der Waals surface area contributed by atoms with Gasteiger partial charge in [-0.2, -0.15) is 15.8 Å². The summed E-state index contributed by atoms with van der Waals surface area (Å²) in [6.45, 7) is 1.76. The Hall–Kier alpha value is -1.53. The summed E-state index contributed by atoms with van der Waals surface area (Å²) >= 11 is 0. The van der Waals surface area contributed by atoms with Gasteiger partial charge in [-0.05, 0) is 19.8 Å². The molecule has 0 saturated heterocycles. The van der Waals surface area contributed by atoms with Gasteiger partial charge in [0.05, 0.1) is 30.0 Å². The number of hydrogen-bond donors (Lipinski definition) is 0. The molecule has 0 heterocycles. The highest BCUT2D eigenvalue weighted by Gasteiger charge is 2.22. The molecule has 0 saturated carbocycles. The maximum Gasteiger partial charge on any atom is 0.0697 e. The van der Waals surface area contributed by atoms with Crippen LogP contribution < -0.4 is 0 Å². The van der Waals surface area contributed by atoms with Gasteiger partial charge in [-0.25, -0.2) is 0 Å². The van der Waals surface area contributed by atoms with Gasteiger partial charge in [0, 0.05) is 6.42 Å².